The summed E-state index contributed by atoms with van der Waals surface area (Å²) < 4.78 is 10.1. The standard InChI is InChI=1S/C17H24ClN3O4/c1-17(2,3)25-16(23)21-7-5-6-11(10-21)8-14-19-12(15(22)24-4)9-13(18)20-14/h9,11H,5-8,10H2,1-4H3/t11-/m1/s1. The largest absolute Gasteiger partial charge is 0.464 e. The molecule has 1 saturated heterocycles. The van der Waals surface area contributed by atoms with Gasteiger partial charge in [-0.15, -0.1) is 0 Å². The van der Waals surface area contributed by atoms with E-state index in [1.807, 2.05) is 20.8 Å². The predicted molar refractivity (Wildman–Crippen MR) is 92.6 cm³/mol. The lowest BCUT2D eigenvalue weighted by Gasteiger charge is -2.34. The highest BCUT2D eigenvalue weighted by Gasteiger charge is 2.28. The summed E-state index contributed by atoms with van der Waals surface area (Å²) in [7, 11) is 1.29. The molecule has 0 aliphatic carbocycles. The van der Waals surface area contributed by atoms with Crippen molar-refractivity contribution in [3.05, 3.63) is 22.7 Å². The van der Waals surface area contributed by atoms with E-state index in [4.69, 9.17) is 16.3 Å². The van der Waals surface area contributed by atoms with E-state index in [0.29, 0.717) is 25.3 Å². The Morgan fingerprint density at radius 2 is 2.08 bits per heavy atom. The molecule has 0 spiro atoms. The number of piperidine rings is 1. The molecule has 1 fully saturated rings. The number of likely N-dealkylation sites (tertiary alicyclic amines) is 1. The van der Waals surface area contributed by atoms with Gasteiger partial charge in [0, 0.05) is 25.6 Å². The smallest absolute Gasteiger partial charge is 0.410 e. The third-order valence-electron chi connectivity index (χ3n) is 3.78. The highest BCUT2D eigenvalue weighted by atomic mass is 35.5. The maximum absolute atomic E-state index is 12.2. The lowest BCUT2D eigenvalue weighted by molar-refractivity contribution is 0.0165. The van der Waals surface area contributed by atoms with E-state index in [0.717, 1.165) is 12.8 Å². The molecular weight excluding hydrogens is 346 g/mol. The summed E-state index contributed by atoms with van der Waals surface area (Å²) in [6.45, 7) is 6.79. The Kier molecular flexibility index (Phi) is 6.21. The second-order valence-electron chi connectivity index (χ2n) is 7.12. The zero-order valence-electron chi connectivity index (χ0n) is 15.0. The van der Waals surface area contributed by atoms with Gasteiger partial charge in [-0.25, -0.2) is 19.6 Å². The fraction of sp³-hybridized carbons (Fsp3) is 0.647. The number of ether oxygens (including phenoxy) is 2. The van der Waals surface area contributed by atoms with Crippen molar-refractivity contribution in [3.63, 3.8) is 0 Å². The topological polar surface area (TPSA) is 81.6 Å². The van der Waals surface area contributed by atoms with Crippen LogP contribution in [0.15, 0.2) is 6.07 Å². The van der Waals surface area contributed by atoms with Gasteiger partial charge in [-0.05, 0) is 39.5 Å². The van der Waals surface area contributed by atoms with Crippen LogP contribution in [0.1, 0.15) is 49.9 Å². The van der Waals surface area contributed by atoms with Crippen LogP contribution in [-0.4, -0.2) is 52.7 Å². The first kappa shape index (κ1) is 19.4. The maximum Gasteiger partial charge on any atom is 0.410 e. The fourth-order valence-corrected chi connectivity index (χ4v) is 2.95. The molecule has 0 saturated carbocycles. The quantitative estimate of drug-likeness (QED) is 0.601. The Bertz CT molecular complexity index is 645. The van der Waals surface area contributed by atoms with Crippen LogP contribution in [0, 0.1) is 5.92 Å². The number of amides is 1. The summed E-state index contributed by atoms with van der Waals surface area (Å²) >= 11 is 5.98. The number of hydrogen-bond acceptors (Lipinski definition) is 6. The van der Waals surface area contributed by atoms with Crippen LogP contribution in [0.4, 0.5) is 4.79 Å². The van der Waals surface area contributed by atoms with Gasteiger partial charge < -0.3 is 14.4 Å². The van der Waals surface area contributed by atoms with E-state index in [9.17, 15) is 9.59 Å². The van der Waals surface area contributed by atoms with E-state index in [1.165, 1.54) is 13.2 Å². The second-order valence-corrected chi connectivity index (χ2v) is 7.51. The molecule has 7 nitrogen and oxygen atoms in total. The van der Waals surface area contributed by atoms with Gasteiger partial charge in [0.25, 0.3) is 0 Å². The molecule has 0 N–H and O–H groups in total. The Balaban J connectivity index is 2.04. The third kappa shape index (κ3) is 5.85. The third-order valence-corrected chi connectivity index (χ3v) is 3.97. The summed E-state index contributed by atoms with van der Waals surface area (Å²) in [5.41, 5.74) is -0.382. The van der Waals surface area contributed by atoms with Crippen molar-refractivity contribution in [2.24, 2.45) is 5.92 Å². The molecule has 1 amide bonds. The van der Waals surface area contributed by atoms with Crippen LogP contribution >= 0.6 is 11.6 Å². The Morgan fingerprint density at radius 3 is 2.72 bits per heavy atom. The molecule has 138 valence electrons. The number of methoxy groups -OCH3 is 1. The first-order valence-corrected chi connectivity index (χ1v) is 8.65. The van der Waals surface area contributed by atoms with Gasteiger partial charge in [0.2, 0.25) is 0 Å². The van der Waals surface area contributed by atoms with E-state index in [2.05, 4.69) is 14.7 Å². The maximum atomic E-state index is 12.2. The molecule has 0 unspecified atom stereocenters. The summed E-state index contributed by atoms with van der Waals surface area (Å²) in [6.07, 6.45) is 2.06. The van der Waals surface area contributed by atoms with Gasteiger partial charge >= 0.3 is 12.1 Å². The van der Waals surface area contributed by atoms with E-state index < -0.39 is 11.6 Å². The lowest BCUT2D eigenvalue weighted by atomic mass is 9.94. The number of carbonyl (C=O) groups is 2. The predicted octanol–water partition coefficient (Wildman–Crippen LogP) is 3.11. The summed E-state index contributed by atoms with van der Waals surface area (Å²) in [5, 5.41) is 0.199. The number of halogens is 1. The van der Waals surface area contributed by atoms with Crippen molar-refractivity contribution >= 4 is 23.7 Å². The van der Waals surface area contributed by atoms with E-state index in [1.54, 1.807) is 4.90 Å². The van der Waals surface area contributed by atoms with Gasteiger partial charge in [-0.2, -0.15) is 0 Å². The van der Waals surface area contributed by atoms with E-state index in [-0.39, 0.29) is 22.9 Å². The van der Waals surface area contributed by atoms with Gasteiger partial charge in [0.1, 0.15) is 16.6 Å². The minimum atomic E-state index is -0.551. The van der Waals surface area contributed by atoms with Gasteiger partial charge in [0.15, 0.2) is 5.69 Å². The van der Waals surface area contributed by atoms with Crippen LogP contribution in [-0.2, 0) is 15.9 Å². The van der Waals surface area contributed by atoms with Crippen molar-refractivity contribution in [1.29, 1.82) is 0 Å². The molecule has 2 rings (SSSR count). The molecule has 1 atom stereocenters. The summed E-state index contributed by atoms with van der Waals surface area (Å²) in [6, 6.07) is 1.38. The number of carbonyl (C=O) groups excluding carboxylic acids is 2. The Hall–Kier alpha value is -1.89. The molecule has 0 bridgehead atoms. The molecule has 1 aliphatic rings. The first-order chi connectivity index (χ1) is 11.7. The molecule has 8 heteroatoms. The molecule has 2 heterocycles. The lowest BCUT2D eigenvalue weighted by Crippen LogP contribution is -2.43. The van der Waals surface area contributed by atoms with Crippen LogP contribution in [0.2, 0.25) is 5.15 Å². The van der Waals surface area contributed by atoms with Crippen molar-refractivity contribution in [1.82, 2.24) is 14.9 Å². The summed E-state index contributed by atoms with van der Waals surface area (Å²) in [4.78, 5) is 34.0. The Labute approximate surface area is 152 Å². The number of nitrogens with zero attached hydrogens (tertiary/aromatic N) is 3. The number of hydrogen-bond donors (Lipinski definition) is 0. The molecular formula is C17H24ClN3O4. The van der Waals surface area contributed by atoms with E-state index >= 15 is 0 Å². The number of aromatic nitrogens is 2. The zero-order chi connectivity index (χ0) is 18.6. The normalized spacial score (nSPS) is 18.0. The van der Waals surface area contributed by atoms with Crippen molar-refractivity contribution < 1.29 is 19.1 Å². The first-order valence-electron chi connectivity index (χ1n) is 8.27. The molecule has 1 aromatic heterocycles. The van der Waals surface area contributed by atoms with Gasteiger partial charge in [-0.3, -0.25) is 0 Å². The SMILES string of the molecule is COC(=O)c1cc(Cl)nc(C[C@H]2CCCN(C(=O)OC(C)(C)C)C2)n1. The Morgan fingerprint density at radius 1 is 1.36 bits per heavy atom. The molecule has 1 aliphatic heterocycles. The fourth-order valence-electron chi connectivity index (χ4n) is 2.75. The van der Waals surface area contributed by atoms with Gasteiger partial charge in [-0.1, -0.05) is 11.6 Å². The van der Waals surface area contributed by atoms with Crippen LogP contribution in [0.25, 0.3) is 0 Å². The number of esters is 1. The monoisotopic (exact) mass is 369 g/mol. The minimum absolute atomic E-state index is 0.136. The van der Waals surface area contributed by atoms with Crippen molar-refractivity contribution in [2.45, 2.75) is 45.6 Å². The van der Waals surface area contributed by atoms with Crippen LogP contribution in [0.5, 0.6) is 0 Å². The van der Waals surface area contributed by atoms with Crippen molar-refractivity contribution in [3.8, 4) is 0 Å². The van der Waals surface area contributed by atoms with Gasteiger partial charge in [0.05, 0.1) is 7.11 Å². The molecule has 0 aromatic carbocycles. The molecule has 0 radical (unpaired) electrons. The van der Waals surface area contributed by atoms with Crippen LogP contribution < -0.4 is 0 Å². The van der Waals surface area contributed by atoms with Crippen molar-refractivity contribution in [2.75, 3.05) is 20.2 Å². The minimum Gasteiger partial charge on any atom is -0.464 e. The highest BCUT2D eigenvalue weighted by molar-refractivity contribution is 6.29. The molecule has 1 aromatic rings. The number of rotatable bonds is 3. The average Bonchev–Trinajstić information content (AvgIpc) is 2.52. The summed E-state index contributed by atoms with van der Waals surface area (Å²) in [5.74, 6) is 0.110. The highest BCUT2D eigenvalue weighted by Crippen LogP contribution is 2.22. The van der Waals surface area contributed by atoms with Crippen LogP contribution in [0.3, 0.4) is 0 Å². The average molecular weight is 370 g/mol. The second kappa shape index (κ2) is 7.99. The molecule has 25 heavy (non-hydrogen) atoms. The zero-order valence-corrected chi connectivity index (χ0v) is 15.8.